The van der Waals surface area contributed by atoms with Crippen molar-refractivity contribution >= 4 is 28.9 Å². The van der Waals surface area contributed by atoms with Crippen LogP contribution < -0.4 is 10.2 Å². The van der Waals surface area contributed by atoms with Gasteiger partial charge in [0, 0.05) is 11.1 Å². The molecule has 108 valence electrons. The molecule has 0 aliphatic carbocycles. The zero-order valence-corrected chi connectivity index (χ0v) is 11.8. The first kappa shape index (κ1) is 14.7. The van der Waals surface area contributed by atoms with Crippen LogP contribution in [0.5, 0.6) is 0 Å². The Morgan fingerprint density at radius 2 is 2.05 bits per heavy atom. The number of piperidine rings is 1. The molecule has 6 nitrogen and oxygen atoms in total. The molecule has 0 aromatic heterocycles. The first-order valence-electron chi connectivity index (χ1n) is 6.63. The number of rotatable bonds is 4. The Balaban J connectivity index is 2.03. The Morgan fingerprint density at radius 3 is 2.70 bits per heavy atom. The van der Waals surface area contributed by atoms with Crippen molar-refractivity contribution in [3.8, 4) is 0 Å². The zero-order valence-electron chi connectivity index (χ0n) is 11.0. The van der Waals surface area contributed by atoms with E-state index in [1.165, 1.54) is 29.5 Å². The highest BCUT2D eigenvalue weighted by Gasteiger charge is 2.20. The number of benzene rings is 1. The van der Waals surface area contributed by atoms with Crippen LogP contribution in [0, 0.1) is 10.1 Å². The van der Waals surface area contributed by atoms with E-state index in [1.54, 1.807) is 0 Å². The highest BCUT2D eigenvalue weighted by molar-refractivity contribution is 6.31. The van der Waals surface area contributed by atoms with Gasteiger partial charge in [0.2, 0.25) is 0 Å². The average Bonchev–Trinajstić information content (AvgIpc) is 2.39. The van der Waals surface area contributed by atoms with E-state index >= 15 is 0 Å². The van der Waals surface area contributed by atoms with Crippen molar-refractivity contribution in [1.29, 1.82) is 0 Å². The third kappa shape index (κ3) is 3.91. The summed E-state index contributed by atoms with van der Waals surface area (Å²) < 4.78 is 0. The molecule has 0 saturated carbocycles. The number of hydrogen-bond acceptors (Lipinski definition) is 3. The van der Waals surface area contributed by atoms with E-state index < -0.39 is 4.92 Å². The minimum Gasteiger partial charge on any atom is -0.327 e. The normalized spacial score (nSPS) is 15.8. The molecule has 1 fully saturated rings. The molecule has 2 rings (SSSR count). The van der Waals surface area contributed by atoms with Gasteiger partial charge in [0.05, 0.1) is 18.0 Å². The molecule has 0 unspecified atom stereocenters. The second kappa shape index (κ2) is 6.67. The maximum atomic E-state index is 12.0. The largest absolute Gasteiger partial charge is 0.327 e. The van der Waals surface area contributed by atoms with E-state index in [2.05, 4.69) is 5.32 Å². The predicted octanol–water partition coefficient (Wildman–Crippen LogP) is 1.26. The predicted molar refractivity (Wildman–Crippen MR) is 76.2 cm³/mol. The third-order valence-electron chi connectivity index (χ3n) is 3.40. The van der Waals surface area contributed by atoms with Gasteiger partial charge in [-0.15, -0.1) is 0 Å². The van der Waals surface area contributed by atoms with Crippen molar-refractivity contribution in [2.75, 3.05) is 25.0 Å². The monoisotopic (exact) mass is 298 g/mol. The molecule has 20 heavy (non-hydrogen) atoms. The van der Waals surface area contributed by atoms with E-state index in [-0.39, 0.29) is 17.3 Å². The van der Waals surface area contributed by atoms with Gasteiger partial charge in [-0.05, 0) is 31.4 Å². The summed E-state index contributed by atoms with van der Waals surface area (Å²) >= 11 is 5.82. The molecule has 1 saturated heterocycles. The zero-order chi connectivity index (χ0) is 14.5. The second-order valence-electron chi connectivity index (χ2n) is 4.95. The number of nitrogens with one attached hydrogen (secondary N) is 2. The smallest absolute Gasteiger partial charge is 0.292 e. The summed E-state index contributed by atoms with van der Waals surface area (Å²) in [6.45, 7) is 2.29. The van der Waals surface area contributed by atoms with Gasteiger partial charge < -0.3 is 10.2 Å². The fourth-order valence-electron chi connectivity index (χ4n) is 2.42. The van der Waals surface area contributed by atoms with Crippen molar-refractivity contribution < 1.29 is 14.6 Å². The standard InChI is InChI=1S/C13H16ClN3O3/c14-10-4-5-12(17(19)20)11(8-10)15-13(18)9-16-6-2-1-3-7-16/h4-5,8H,1-3,6-7,9H2,(H,15,18)/p+1. The lowest BCUT2D eigenvalue weighted by atomic mass is 10.1. The summed E-state index contributed by atoms with van der Waals surface area (Å²) in [5, 5.41) is 13.9. The lowest BCUT2D eigenvalue weighted by Crippen LogP contribution is -3.13. The van der Waals surface area contributed by atoms with Crippen LogP contribution in [-0.2, 0) is 4.79 Å². The molecule has 1 aromatic rings. The molecule has 2 N–H and O–H groups in total. The highest BCUT2D eigenvalue weighted by Crippen LogP contribution is 2.27. The van der Waals surface area contributed by atoms with Crippen LogP contribution >= 0.6 is 11.6 Å². The minimum atomic E-state index is -0.528. The van der Waals surface area contributed by atoms with E-state index in [0.717, 1.165) is 25.9 Å². The number of carbonyl (C=O) groups is 1. The average molecular weight is 299 g/mol. The maximum Gasteiger partial charge on any atom is 0.292 e. The number of nitrogens with zero attached hydrogens (tertiary/aromatic N) is 1. The van der Waals surface area contributed by atoms with Crippen LogP contribution in [0.2, 0.25) is 5.02 Å². The Bertz CT molecular complexity index is 516. The molecule has 1 aliphatic rings. The summed E-state index contributed by atoms with van der Waals surface area (Å²) in [4.78, 5) is 23.6. The fourth-order valence-corrected chi connectivity index (χ4v) is 2.59. The summed E-state index contributed by atoms with van der Waals surface area (Å²) in [7, 11) is 0. The van der Waals surface area contributed by atoms with Crippen molar-refractivity contribution in [2.45, 2.75) is 19.3 Å². The van der Waals surface area contributed by atoms with Crippen LogP contribution in [-0.4, -0.2) is 30.5 Å². The summed E-state index contributed by atoms with van der Waals surface area (Å²) in [6.07, 6.45) is 3.46. The summed E-state index contributed by atoms with van der Waals surface area (Å²) in [6, 6.07) is 4.14. The van der Waals surface area contributed by atoms with Crippen LogP contribution in [0.25, 0.3) is 0 Å². The molecule has 1 aliphatic heterocycles. The Labute approximate surface area is 121 Å². The molecular formula is C13H17ClN3O3+. The number of carbonyl (C=O) groups excluding carboxylic acids is 1. The lowest BCUT2D eigenvalue weighted by molar-refractivity contribution is -0.896. The number of nitro benzene ring substituents is 1. The molecular weight excluding hydrogens is 282 g/mol. The first-order valence-corrected chi connectivity index (χ1v) is 7.01. The van der Waals surface area contributed by atoms with E-state index in [9.17, 15) is 14.9 Å². The molecule has 0 spiro atoms. The Morgan fingerprint density at radius 1 is 1.35 bits per heavy atom. The van der Waals surface area contributed by atoms with Gasteiger partial charge >= 0.3 is 0 Å². The number of anilines is 1. The van der Waals surface area contributed by atoms with Crippen LogP contribution in [0.3, 0.4) is 0 Å². The lowest BCUT2D eigenvalue weighted by Gasteiger charge is -2.22. The van der Waals surface area contributed by atoms with Crippen molar-refractivity contribution in [3.05, 3.63) is 33.3 Å². The van der Waals surface area contributed by atoms with Gasteiger partial charge in [-0.3, -0.25) is 14.9 Å². The molecule has 7 heteroatoms. The van der Waals surface area contributed by atoms with Gasteiger partial charge in [0.15, 0.2) is 6.54 Å². The van der Waals surface area contributed by atoms with Crippen molar-refractivity contribution in [1.82, 2.24) is 0 Å². The number of halogens is 1. The van der Waals surface area contributed by atoms with E-state index in [4.69, 9.17) is 11.6 Å². The second-order valence-corrected chi connectivity index (χ2v) is 5.39. The third-order valence-corrected chi connectivity index (χ3v) is 3.64. The maximum absolute atomic E-state index is 12.0. The molecule has 0 radical (unpaired) electrons. The number of likely N-dealkylation sites (tertiary alicyclic amines) is 1. The van der Waals surface area contributed by atoms with Gasteiger partial charge in [0.1, 0.15) is 5.69 Å². The minimum absolute atomic E-state index is 0.142. The Kier molecular flexibility index (Phi) is 4.92. The fraction of sp³-hybridized carbons (Fsp3) is 0.462. The SMILES string of the molecule is O=C(C[NH+]1CCCCC1)Nc1cc(Cl)ccc1[N+](=O)[O-]. The van der Waals surface area contributed by atoms with Gasteiger partial charge in [0.25, 0.3) is 11.6 Å². The molecule has 1 aromatic carbocycles. The molecule has 0 bridgehead atoms. The molecule has 1 heterocycles. The Hall–Kier alpha value is -1.66. The van der Waals surface area contributed by atoms with Gasteiger partial charge in [-0.25, -0.2) is 0 Å². The van der Waals surface area contributed by atoms with E-state index in [0.29, 0.717) is 11.6 Å². The number of quaternary nitrogens is 1. The van der Waals surface area contributed by atoms with Crippen molar-refractivity contribution in [3.63, 3.8) is 0 Å². The van der Waals surface area contributed by atoms with E-state index in [1.807, 2.05) is 0 Å². The number of hydrogen-bond donors (Lipinski definition) is 2. The van der Waals surface area contributed by atoms with Crippen LogP contribution in [0.4, 0.5) is 11.4 Å². The topological polar surface area (TPSA) is 76.7 Å². The molecule has 1 amide bonds. The van der Waals surface area contributed by atoms with Crippen molar-refractivity contribution in [2.24, 2.45) is 0 Å². The quantitative estimate of drug-likeness (QED) is 0.649. The number of nitro groups is 1. The van der Waals surface area contributed by atoms with Crippen LogP contribution in [0.15, 0.2) is 18.2 Å². The van der Waals surface area contributed by atoms with Gasteiger partial charge in [-0.2, -0.15) is 0 Å². The van der Waals surface area contributed by atoms with Crippen LogP contribution in [0.1, 0.15) is 19.3 Å². The molecule has 0 atom stereocenters. The van der Waals surface area contributed by atoms with Gasteiger partial charge in [-0.1, -0.05) is 11.6 Å². The summed E-state index contributed by atoms with van der Waals surface area (Å²) in [5.74, 6) is -0.215. The first-order chi connectivity index (χ1) is 9.56. The number of amides is 1. The highest BCUT2D eigenvalue weighted by atomic mass is 35.5. The summed E-state index contributed by atoms with van der Waals surface area (Å²) in [5.41, 5.74) is 0.0142.